The zero-order valence-corrected chi connectivity index (χ0v) is 13.1. The van der Waals surface area contributed by atoms with Gasteiger partial charge < -0.3 is 10.2 Å². The fraction of sp³-hybridized carbons (Fsp3) is 0.353. The molecule has 2 heterocycles. The average molecular weight is 296 g/mol. The minimum Gasteiger partial charge on any atom is -0.350 e. The minimum absolute atomic E-state index is 0.0793. The molecule has 2 aromatic rings. The summed E-state index contributed by atoms with van der Waals surface area (Å²) in [6.45, 7) is 6.79. The number of anilines is 2. The summed E-state index contributed by atoms with van der Waals surface area (Å²) in [6, 6.07) is 9.67. The Morgan fingerprint density at radius 1 is 1.23 bits per heavy atom. The van der Waals surface area contributed by atoms with E-state index in [1.54, 1.807) is 17.2 Å². The second kappa shape index (κ2) is 5.40. The Hall–Kier alpha value is -2.43. The van der Waals surface area contributed by atoms with Gasteiger partial charge in [-0.25, -0.2) is 9.97 Å². The number of rotatable bonds is 2. The molecule has 1 aliphatic rings. The van der Waals surface area contributed by atoms with Crippen molar-refractivity contribution in [3.63, 3.8) is 0 Å². The molecule has 0 atom stereocenters. The van der Waals surface area contributed by atoms with E-state index in [1.807, 2.05) is 39.0 Å². The molecule has 1 N–H and O–H groups in total. The third-order valence-electron chi connectivity index (χ3n) is 3.49. The molecule has 0 radical (unpaired) electrons. The van der Waals surface area contributed by atoms with Crippen LogP contribution in [0.25, 0.3) is 0 Å². The Morgan fingerprint density at radius 3 is 2.77 bits per heavy atom. The Balaban J connectivity index is 1.86. The van der Waals surface area contributed by atoms with Gasteiger partial charge in [-0.3, -0.25) is 4.79 Å². The molecule has 1 aliphatic heterocycles. The van der Waals surface area contributed by atoms with Crippen LogP contribution in [0.5, 0.6) is 0 Å². The third kappa shape index (κ3) is 2.93. The first-order valence-corrected chi connectivity index (χ1v) is 7.45. The average Bonchev–Trinajstić information content (AvgIpc) is 2.89. The summed E-state index contributed by atoms with van der Waals surface area (Å²) in [4.78, 5) is 23.1. The van der Waals surface area contributed by atoms with Crippen LogP contribution in [0.15, 0.2) is 36.5 Å². The number of carbonyl (C=O) groups is 1. The van der Waals surface area contributed by atoms with Crippen LogP contribution >= 0.6 is 0 Å². The first-order valence-electron chi connectivity index (χ1n) is 7.45. The highest BCUT2D eigenvalue weighted by molar-refractivity contribution is 6.06. The predicted molar refractivity (Wildman–Crippen MR) is 87.2 cm³/mol. The van der Waals surface area contributed by atoms with Crippen LogP contribution in [0.3, 0.4) is 0 Å². The lowest BCUT2D eigenvalue weighted by Gasteiger charge is -2.21. The van der Waals surface area contributed by atoms with Gasteiger partial charge in [-0.15, -0.1) is 0 Å². The molecule has 3 rings (SSSR count). The zero-order chi connectivity index (χ0) is 15.7. The lowest BCUT2D eigenvalue weighted by atomic mass is 10.1. The normalized spacial score (nSPS) is 13.9. The van der Waals surface area contributed by atoms with E-state index >= 15 is 0 Å². The number of nitrogens with one attached hydrogen (secondary N) is 1. The third-order valence-corrected chi connectivity index (χ3v) is 3.49. The maximum Gasteiger partial charge on any atom is 0.277 e. The molecule has 1 amide bonds. The van der Waals surface area contributed by atoms with E-state index in [4.69, 9.17) is 0 Å². The van der Waals surface area contributed by atoms with Crippen LogP contribution in [0.2, 0.25) is 0 Å². The van der Waals surface area contributed by atoms with Crippen molar-refractivity contribution in [2.24, 2.45) is 0 Å². The van der Waals surface area contributed by atoms with Gasteiger partial charge in [-0.1, -0.05) is 18.2 Å². The van der Waals surface area contributed by atoms with Crippen molar-refractivity contribution in [3.05, 3.63) is 47.8 Å². The van der Waals surface area contributed by atoms with E-state index in [-0.39, 0.29) is 11.4 Å². The van der Waals surface area contributed by atoms with Crippen LogP contribution in [0, 0.1) is 0 Å². The van der Waals surface area contributed by atoms with Crippen LogP contribution in [0.1, 0.15) is 36.8 Å². The molecule has 22 heavy (non-hydrogen) atoms. The second-order valence-electron chi connectivity index (χ2n) is 6.48. The number of hydrogen-bond donors (Lipinski definition) is 1. The van der Waals surface area contributed by atoms with Gasteiger partial charge in [0, 0.05) is 24.0 Å². The summed E-state index contributed by atoms with van der Waals surface area (Å²) < 4.78 is 0. The van der Waals surface area contributed by atoms with Gasteiger partial charge in [0.25, 0.3) is 5.91 Å². The predicted octanol–water partition coefficient (Wildman–Crippen LogP) is 2.89. The van der Waals surface area contributed by atoms with Crippen molar-refractivity contribution < 1.29 is 4.79 Å². The van der Waals surface area contributed by atoms with E-state index in [9.17, 15) is 4.79 Å². The summed E-state index contributed by atoms with van der Waals surface area (Å²) >= 11 is 0. The molecule has 0 fully saturated rings. The van der Waals surface area contributed by atoms with Crippen molar-refractivity contribution in [2.45, 2.75) is 32.7 Å². The van der Waals surface area contributed by atoms with E-state index in [0.29, 0.717) is 18.2 Å². The highest BCUT2D eigenvalue weighted by Crippen LogP contribution is 2.28. The van der Waals surface area contributed by atoms with E-state index in [0.717, 1.165) is 12.1 Å². The van der Waals surface area contributed by atoms with Gasteiger partial charge in [-0.2, -0.15) is 0 Å². The number of benzene rings is 1. The lowest BCUT2D eigenvalue weighted by Crippen LogP contribution is -2.31. The number of hydrogen-bond acceptors (Lipinski definition) is 4. The van der Waals surface area contributed by atoms with E-state index in [1.165, 1.54) is 5.56 Å². The quantitative estimate of drug-likeness (QED) is 0.925. The zero-order valence-electron chi connectivity index (χ0n) is 13.1. The standard InChI is InChI=1S/C17H20N4O/c1-17(2,3)20-16-18-10-8-13(19-16)15(22)21-11-9-12-6-4-5-7-14(12)21/h4-8,10H,9,11H2,1-3H3,(H,18,19,20). The monoisotopic (exact) mass is 296 g/mol. The summed E-state index contributed by atoms with van der Waals surface area (Å²) in [5, 5.41) is 3.19. The molecule has 114 valence electrons. The summed E-state index contributed by atoms with van der Waals surface area (Å²) in [6.07, 6.45) is 2.51. The Morgan fingerprint density at radius 2 is 2.00 bits per heavy atom. The van der Waals surface area contributed by atoms with Gasteiger partial charge in [0.2, 0.25) is 5.95 Å². The number of fused-ring (bicyclic) bond motifs is 1. The van der Waals surface area contributed by atoms with Gasteiger partial charge in [0.1, 0.15) is 5.69 Å². The van der Waals surface area contributed by atoms with Crippen molar-refractivity contribution in [1.82, 2.24) is 9.97 Å². The van der Waals surface area contributed by atoms with Gasteiger partial charge in [0.15, 0.2) is 0 Å². The van der Waals surface area contributed by atoms with Crippen molar-refractivity contribution in [3.8, 4) is 0 Å². The Labute approximate surface area is 130 Å². The molecular weight excluding hydrogens is 276 g/mol. The largest absolute Gasteiger partial charge is 0.350 e. The Kier molecular flexibility index (Phi) is 3.56. The van der Waals surface area contributed by atoms with Crippen LogP contribution in [0.4, 0.5) is 11.6 Å². The molecule has 0 saturated carbocycles. The van der Waals surface area contributed by atoms with Crippen LogP contribution in [-0.2, 0) is 6.42 Å². The molecule has 1 aromatic carbocycles. The van der Waals surface area contributed by atoms with Crippen molar-refractivity contribution >= 4 is 17.5 Å². The molecule has 0 spiro atoms. The fourth-order valence-corrected chi connectivity index (χ4v) is 2.56. The first-order chi connectivity index (χ1) is 10.4. The summed E-state index contributed by atoms with van der Waals surface area (Å²) in [7, 11) is 0. The van der Waals surface area contributed by atoms with Crippen LogP contribution in [-0.4, -0.2) is 28.0 Å². The first kappa shape index (κ1) is 14.5. The number of aromatic nitrogens is 2. The minimum atomic E-state index is -0.151. The van der Waals surface area contributed by atoms with Crippen molar-refractivity contribution in [1.29, 1.82) is 0 Å². The number of para-hydroxylation sites is 1. The number of carbonyl (C=O) groups excluding carboxylic acids is 1. The molecular formula is C17H20N4O. The summed E-state index contributed by atoms with van der Waals surface area (Å²) in [5.41, 5.74) is 2.45. The fourth-order valence-electron chi connectivity index (χ4n) is 2.56. The number of nitrogens with zero attached hydrogens (tertiary/aromatic N) is 3. The highest BCUT2D eigenvalue weighted by atomic mass is 16.2. The highest BCUT2D eigenvalue weighted by Gasteiger charge is 2.26. The van der Waals surface area contributed by atoms with E-state index < -0.39 is 0 Å². The maximum absolute atomic E-state index is 12.7. The molecule has 5 nitrogen and oxygen atoms in total. The molecule has 5 heteroatoms. The second-order valence-corrected chi connectivity index (χ2v) is 6.48. The van der Waals surface area contributed by atoms with E-state index in [2.05, 4.69) is 21.4 Å². The van der Waals surface area contributed by atoms with Gasteiger partial charge in [0.05, 0.1) is 0 Å². The van der Waals surface area contributed by atoms with Gasteiger partial charge >= 0.3 is 0 Å². The maximum atomic E-state index is 12.7. The number of amides is 1. The lowest BCUT2D eigenvalue weighted by molar-refractivity contribution is 0.0984. The topological polar surface area (TPSA) is 58.1 Å². The summed E-state index contributed by atoms with van der Waals surface area (Å²) in [5.74, 6) is 0.398. The molecule has 0 aliphatic carbocycles. The SMILES string of the molecule is CC(C)(C)Nc1nccc(C(=O)N2CCc3ccccc32)n1. The Bertz CT molecular complexity index is 706. The molecule has 0 bridgehead atoms. The molecule has 0 unspecified atom stereocenters. The van der Waals surface area contributed by atoms with Crippen molar-refractivity contribution in [2.75, 3.05) is 16.8 Å². The molecule has 0 saturated heterocycles. The molecule has 1 aromatic heterocycles. The van der Waals surface area contributed by atoms with Crippen LogP contribution < -0.4 is 10.2 Å². The smallest absolute Gasteiger partial charge is 0.277 e. The van der Waals surface area contributed by atoms with Gasteiger partial charge in [-0.05, 0) is 44.9 Å².